The number of aromatic amines is 2. The summed E-state index contributed by atoms with van der Waals surface area (Å²) in [6.07, 6.45) is 5.47. The molecule has 0 bridgehead atoms. The second kappa shape index (κ2) is 7.17. The number of fused-ring (bicyclic) bond motifs is 2. The Bertz CT molecular complexity index is 1360. The van der Waals surface area contributed by atoms with Gasteiger partial charge in [-0.1, -0.05) is 6.07 Å². The van der Waals surface area contributed by atoms with Crippen LogP contribution in [-0.4, -0.2) is 68.3 Å². The number of H-pyrrole nitrogens is 2. The van der Waals surface area contributed by atoms with Crippen molar-refractivity contribution in [3.8, 4) is 22.8 Å². The van der Waals surface area contributed by atoms with Crippen molar-refractivity contribution in [3.63, 3.8) is 0 Å². The maximum atomic E-state index is 4.71. The van der Waals surface area contributed by atoms with Gasteiger partial charge in [-0.2, -0.15) is 5.10 Å². The molecule has 0 aliphatic carbocycles. The van der Waals surface area contributed by atoms with Crippen LogP contribution in [0.2, 0.25) is 0 Å². The smallest absolute Gasteiger partial charge is 0.138 e. The summed E-state index contributed by atoms with van der Waals surface area (Å²) in [5.74, 6) is 1.03. The van der Waals surface area contributed by atoms with Crippen LogP contribution in [0.4, 0.5) is 5.82 Å². The highest BCUT2D eigenvalue weighted by Crippen LogP contribution is 2.33. The summed E-state index contributed by atoms with van der Waals surface area (Å²) in [5.41, 5.74) is 5.46. The average molecular weight is 410 g/mol. The average Bonchev–Trinajstić information content (AvgIpc) is 3.43. The van der Waals surface area contributed by atoms with E-state index in [1.807, 2.05) is 42.7 Å². The predicted octanol–water partition coefficient (Wildman–Crippen LogP) is 3.32. The van der Waals surface area contributed by atoms with Gasteiger partial charge in [0.1, 0.15) is 11.5 Å². The van der Waals surface area contributed by atoms with Crippen LogP contribution < -0.4 is 4.90 Å². The first-order valence-corrected chi connectivity index (χ1v) is 10.4. The quantitative estimate of drug-likeness (QED) is 0.474. The summed E-state index contributed by atoms with van der Waals surface area (Å²) in [4.78, 5) is 21.9. The third kappa shape index (κ3) is 3.12. The zero-order valence-electron chi connectivity index (χ0n) is 17.2. The molecule has 0 radical (unpaired) electrons. The van der Waals surface area contributed by atoms with Gasteiger partial charge in [-0.25, -0.2) is 4.98 Å². The fourth-order valence-corrected chi connectivity index (χ4v) is 4.21. The largest absolute Gasteiger partial charge is 0.353 e. The first kappa shape index (κ1) is 18.0. The molecule has 0 saturated carbocycles. The van der Waals surface area contributed by atoms with Gasteiger partial charge in [0.2, 0.25) is 0 Å². The van der Waals surface area contributed by atoms with Crippen molar-refractivity contribution >= 4 is 27.6 Å². The summed E-state index contributed by atoms with van der Waals surface area (Å²) in [6, 6.07) is 12.1. The fourth-order valence-electron chi connectivity index (χ4n) is 4.21. The van der Waals surface area contributed by atoms with Crippen molar-refractivity contribution in [2.75, 3.05) is 38.1 Å². The molecular formula is C23H22N8. The van der Waals surface area contributed by atoms with Crippen LogP contribution in [0.3, 0.4) is 0 Å². The number of hydrogen-bond acceptors (Lipinski definition) is 6. The van der Waals surface area contributed by atoms with E-state index in [2.05, 4.69) is 48.1 Å². The van der Waals surface area contributed by atoms with Crippen LogP contribution in [0.5, 0.6) is 0 Å². The monoisotopic (exact) mass is 410 g/mol. The van der Waals surface area contributed by atoms with Crippen molar-refractivity contribution < 1.29 is 0 Å². The lowest BCUT2D eigenvalue weighted by atomic mass is 10.1. The lowest BCUT2D eigenvalue weighted by molar-refractivity contribution is 0.312. The molecule has 31 heavy (non-hydrogen) atoms. The lowest BCUT2D eigenvalue weighted by Crippen LogP contribution is -2.44. The van der Waals surface area contributed by atoms with E-state index >= 15 is 0 Å². The predicted molar refractivity (Wildman–Crippen MR) is 122 cm³/mol. The highest BCUT2D eigenvalue weighted by Gasteiger charge is 2.20. The minimum Gasteiger partial charge on any atom is -0.353 e. The molecule has 0 spiro atoms. The van der Waals surface area contributed by atoms with Gasteiger partial charge >= 0.3 is 0 Å². The molecule has 2 N–H and O–H groups in total. The Morgan fingerprint density at radius 3 is 2.58 bits per heavy atom. The number of piperazine rings is 1. The number of nitrogens with zero attached hydrogens (tertiary/aromatic N) is 6. The minimum atomic E-state index is 0.826. The molecule has 154 valence electrons. The summed E-state index contributed by atoms with van der Waals surface area (Å²) < 4.78 is 0. The zero-order valence-corrected chi connectivity index (χ0v) is 17.2. The fraction of sp³-hybridized carbons (Fsp3) is 0.217. The number of likely N-dealkylation sites (N-methyl/N-ethyl adjacent to an activating group) is 1. The summed E-state index contributed by atoms with van der Waals surface area (Å²) in [7, 11) is 2.16. The number of pyridine rings is 3. The van der Waals surface area contributed by atoms with Gasteiger partial charge < -0.3 is 14.8 Å². The van der Waals surface area contributed by atoms with Gasteiger partial charge in [0, 0.05) is 49.3 Å². The standard InChI is InChI=1S/C23H22N8/c1-30-8-10-31(11-9-30)23-16-13-20(27-17(16)5-7-25-23)22-15-12-19(18-4-2-3-6-24-18)26-14-21(15)28-29-22/h2-7,12-14,27H,8-11H2,1H3,(H,28,29). The van der Waals surface area contributed by atoms with Crippen molar-refractivity contribution in [2.45, 2.75) is 0 Å². The zero-order chi connectivity index (χ0) is 20.8. The molecule has 1 saturated heterocycles. The van der Waals surface area contributed by atoms with Gasteiger partial charge in [-0.3, -0.25) is 15.1 Å². The number of hydrogen-bond donors (Lipinski definition) is 2. The molecule has 0 atom stereocenters. The molecule has 5 aromatic heterocycles. The number of rotatable bonds is 3. The summed E-state index contributed by atoms with van der Waals surface area (Å²) in [5, 5.41) is 9.83. The minimum absolute atomic E-state index is 0.826. The van der Waals surface area contributed by atoms with Crippen molar-refractivity contribution in [3.05, 3.63) is 55.0 Å². The van der Waals surface area contributed by atoms with Crippen LogP contribution >= 0.6 is 0 Å². The van der Waals surface area contributed by atoms with Crippen LogP contribution in [0.15, 0.2) is 55.0 Å². The first-order chi connectivity index (χ1) is 15.3. The molecule has 5 aromatic rings. The molecule has 0 unspecified atom stereocenters. The second-order valence-corrected chi connectivity index (χ2v) is 7.97. The maximum Gasteiger partial charge on any atom is 0.138 e. The van der Waals surface area contributed by atoms with Crippen molar-refractivity contribution in [2.24, 2.45) is 0 Å². The van der Waals surface area contributed by atoms with Gasteiger partial charge in [0.05, 0.1) is 34.3 Å². The van der Waals surface area contributed by atoms with Crippen LogP contribution in [0, 0.1) is 0 Å². The molecule has 1 aliphatic heterocycles. The first-order valence-electron chi connectivity index (χ1n) is 10.4. The number of aromatic nitrogens is 6. The highest BCUT2D eigenvalue weighted by atomic mass is 15.3. The van der Waals surface area contributed by atoms with E-state index in [0.29, 0.717) is 0 Å². The highest BCUT2D eigenvalue weighted by molar-refractivity contribution is 5.99. The van der Waals surface area contributed by atoms with E-state index in [4.69, 9.17) is 4.98 Å². The number of nitrogens with one attached hydrogen (secondary N) is 2. The SMILES string of the molecule is CN1CCN(c2nccc3[nH]c(-c4n[nH]c5cnc(-c6ccccn6)cc45)cc23)CC1. The third-order valence-corrected chi connectivity index (χ3v) is 5.96. The van der Waals surface area contributed by atoms with Gasteiger partial charge in [-0.15, -0.1) is 0 Å². The Morgan fingerprint density at radius 2 is 1.74 bits per heavy atom. The molecular weight excluding hydrogens is 388 g/mol. The van der Waals surface area contributed by atoms with Crippen molar-refractivity contribution in [1.82, 2.24) is 35.0 Å². The van der Waals surface area contributed by atoms with E-state index in [1.165, 1.54) is 0 Å². The Hall–Kier alpha value is -3.78. The van der Waals surface area contributed by atoms with Crippen molar-refractivity contribution in [1.29, 1.82) is 0 Å². The van der Waals surface area contributed by atoms with Gasteiger partial charge in [-0.05, 0) is 37.4 Å². The summed E-state index contributed by atoms with van der Waals surface area (Å²) in [6.45, 7) is 4.05. The van der Waals surface area contributed by atoms with Gasteiger partial charge in [0.25, 0.3) is 0 Å². The van der Waals surface area contributed by atoms with E-state index in [-0.39, 0.29) is 0 Å². The van der Waals surface area contributed by atoms with E-state index < -0.39 is 0 Å². The summed E-state index contributed by atoms with van der Waals surface area (Å²) >= 11 is 0. The molecule has 8 nitrogen and oxygen atoms in total. The normalized spacial score (nSPS) is 15.2. The Kier molecular flexibility index (Phi) is 4.17. The number of anilines is 1. The van der Waals surface area contributed by atoms with Crippen LogP contribution in [-0.2, 0) is 0 Å². The van der Waals surface area contributed by atoms with E-state index in [1.54, 1.807) is 6.20 Å². The second-order valence-electron chi connectivity index (χ2n) is 7.97. The topological polar surface area (TPSA) is 89.6 Å². The van der Waals surface area contributed by atoms with Crippen LogP contribution in [0.25, 0.3) is 44.6 Å². The maximum absolute atomic E-state index is 4.71. The molecule has 6 rings (SSSR count). The molecule has 0 aromatic carbocycles. The van der Waals surface area contributed by atoms with E-state index in [0.717, 1.165) is 76.6 Å². The molecule has 1 aliphatic rings. The van der Waals surface area contributed by atoms with Crippen LogP contribution in [0.1, 0.15) is 0 Å². The Morgan fingerprint density at radius 1 is 0.839 bits per heavy atom. The lowest BCUT2D eigenvalue weighted by Gasteiger charge is -2.33. The Labute approximate surface area is 179 Å². The Balaban J connectivity index is 1.44. The molecule has 1 fully saturated rings. The molecule has 6 heterocycles. The van der Waals surface area contributed by atoms with Gasteiger partial charge in [0.15, 0.2) is 0 Å². The van der Waals surface area contributed by atoms with E-state index in [9.17, 15) is 0 Å². The molecule has 0 amide bonds. The molecule has 8 heteroatoms. The third-order valence-electron chi connectivity index (χ3n) is 5.96.